The zero-order chi connectivity index (χ0) is 10.3. The van der Waals surface area contributed by atoms with Gasteiger partial charge in [0.1, 0.15) is 17.8 Å². The molecule has 0 spiro atoms. The Morgan fingerprint density at radius 3 is 3.20 bits per heavy atom. The van der Waals surface area contributed by atoms with Gasteiger partial charge in [-0.15, -0.1) is 0 Å². The highest BCUT2D eigenvalue weighted by Crippen LogP contribution is 2.25. The molecule has 1 aliphatic heterocycles. The molecular weight excluding hydrogens is 192 g/mol. The molecular formula is C10H12N4O. The maximum Gasteiger partial charge on any atom is 0.142 e. The molecule has 0 aliphatic carbocycles. The molecule has 1 atom stereocenters. The van der Waals surface area contributed by atoms with Crippen LogP contribution in [0.25, 0.3) is 11.0 Å². The average molecular weight is 204 g/mol. The molecule has 0 bridgehead atoms. The van der Waals surface area contributed by atoms with E-state index in [1.54, 1.807) is 6.33 Å². The van der Waals surface area contributed by atoms with E-state index in [0.717, 1.165) is 29.8 Å². The highest BCUT2D eigenvalue weighted by Gasteiger charge is 2.22. The van der Waals surface area contributed by atoms with Crippen LogP contribution in [0.5, 0.6) is 0 Å². The number of β-amino-alcohol motifs (C(OH)–C–C–N with tert-alkyl or cyclic N) is 1. The zero-order valence-corrected chi connectivity index (χ0v) is 8.22. The molecule has 1 saturated heterocycles. The topological polar surface area (TPSA) is 65.0 Å². The number of aliphatic hydroxyl groups excluding tert-OH is 1. The van der Waals surface area contributed by atoms with Gasteiger partial charge in [-0.05, 0) is 12.5 Å². The number of aliphatic hydroxyl groups is 1. The lowest BCUT2D eigenvalue weighted by atomic mass is 10.3. The molecule has 78 valence electrons. The van der Waals surface area contributed by atoms with Crippen molar-refractivity contribution in [2.75, 3.05) is 18.0 Å². The SMILES string of the molecule is OC1CCN(c2ncnc3[nH]ccc23)C1. The summed E-state index contributed by atoms with van der Waals surface area (Å²) >= 11 is 0. The minimum atomic E-state index is -0.228. The van der Waals surface area contributed by atoms with E-state index in [9.17, 15) is 5.11 Å². The number of H-pyrrole nitrogens is 1. The molecule has 2 aromatic heterocycles. The molecule has 1 aliphatic rings. The van der Waals surface area contributed by atoms with Crippen LogP contribution in [0, 0.1) is 0 Å². The second-order valence-electron chi connectivity index (χ2n) is 3.83. The third-order valence-electron chi connectivity index (χ3n) is 2.80. The largest absolute Gasteiger partial charge is 0.391 e. The van der Waals surface area contributed by atoms with Crippen molar-refractivity contribution < 1.29 is 5.11 Å². The van der Waals surface area contributed by atoms with Crippen molar-refractivity contribution >= 4 is 16.9 Å². The smallest absolute Gasteiger partial charge is 0.142 e. The average Bonchev–Trinajstić information content (AvgIpc) is 2.84. The predicted octanol–water partition coefficient (Wildman–Crippen LogP) is 0.529. The van der Waals surface area contributed by atoms with Gasteiger partial charge in [-0.3, -0.25) is 0 Å². The summed E-state index contributed by atoms with van der Waals surface area (Å²) in [4.78, 5) is 13.6. The molecule has 5 nitrogen and oxygen atoms in total. The quantitative estimate of drug-likeness (QED) is 0.711. The first-order valence-corrected chi connectivity index (χ1v) is 5.06. The molecule has 5 heteroatoms. The van der Waals surface area contributed by atoms with Crippen LogP contribution in [-0.4, -0.2) is 39.3 Å². The molecule has 3 heterocycles. The molecule has 15 heavy (non-hydrogen) atoms. The standard InChI is InChI=1S/C10H12N4O/c15-7-2-4-14(5-7)10-8-1-3-11-9(8)12-6-13-10/h1,3,6-7,15H,2,4-5H2,(H,11,12,13). The van der Waals surface area contributed by atoms with Crippen molar-refractivity contribution in [3.63, 3.8) is 0 Å². The lowest BCUT2D eigenvalue weighted by Crippen LogP contribution is -2.22. The van der Waals surface area contributed by atoms with Crippen molar-refractivity contribution in [2.45, 2.75) is 12.5 Å². The van der Waals surface area contributed by atoms with Crippen LogP contribution >= 0.6 is 0 Å². The normalized spacial score (nSPS) is 21.4. The Kier molecular flexibility index (Phi) is 1.85. The lowest BCUT2D eigenvalue weighted by Gasteiger charge is -2.16. The minimum absolute atomic E-state index is 0.228. The Labute approximate surface area is 86.8 Å². The van der Waals surface area contributed by atoms with Gasteiger partial charge in [-0.2, -0.15) is 0 Å². The summed E-state index contributed by atoms with van der Waals surface area (Å²) in [6.45, 7) is 1.52. The van der Waals surface area contributed by atoms with Crippen molar-refractivity contribution in [1.82, 2.24) is 15.0 Å². The maximum absolute atomic E-state index is 9.49. The second-order valence-corrected chi connectivity index (χ2v) is 3.83. The summed E-state index contributed by atoms with van der Waals surface area (Å²) in [7, 11) is 0. The first-order chi connectivity index (χ1) is 7.34. The molecule has 0 amide bonds. The Morgan fingerprint density at radius 2 is 2.40 bits per heavy atom. The van der Waals surface area contributed by atoms with Gasteiger partial charge in [0.25, 0.3) is 0 Å². The molecule has 1 unspecified atom stereocenters. The van der Waals surface area contributed by atoms with Gasteiger partial charge in [0.05, 0.1) is 11.5 Å². The fourth-order valence-corrected chi connectivity index (χ4v) is 2.04. The molecule has 2 aromatic rings. The van der Waals surface area contributed by atoms with Crippen molar-refractivity contribution in [1.29, 1.82) is 0 Å². The predicted molar refractivity (Wildman–Crippen MR) is 56.7 cm³/mol. The molecule has 0 aromatic carbocycles. The third-order valence-corrected chi connectivity index (χ3v) is 2.80. The fraction of sp³-hybridized carbons (Fsp3) is 0.400. The number of aromatic amines is 1. The van der Waals surface area contributed by atoms with Gasteiger partial charge >= 0.3 is 0 Å². The van der Waals surface area contributed by atoms with Crippen molar-refractivity contribution in [3.05, 3.63) is 18.6 Å². The molecule has 0 radical (unpaired) electrons. The highest BCUT2D eigenvalue weighted by atomic mass is 16.3. The summed E-state index contributed by atoms with van der Waals surface area (Å²) in [5.74, 6) is 0.915. The lowest BCUT2D eigenvalue weighted by molar-refractivity contribution is 0.198. The molecule has 2 N–H and O–H groups in total. The van der Waals surface area contributed by atoms with Crippen molar-refractivity contribution in [2.24, 2.45) is 0 Å². The van der Waals surface area contributed by atoms with Gasteiger partial charge in [0, 0.05) is 19.3 Å². The molecule has 0 saturated carbocycles. The summed E-state index contributed by atoms with van der Waals surface area (Å²) in [5, 5.41) is 10.5. The van der Waals surface area contributed by atoms with Crippen LogP contribution in [0.1, 0.15) is 6.42 Å². The van der Waals surface area contributed by atoms with E-state index in [1.165, 1.54) is 0 Å². The Hall–Kier alpha value is -1.62. The second kappa shape index (κ2) is 3.20. The van der Waals surface area contributed by atoms with Gasteiger partial charge in [0.2, 0.25) is 0 Å². The number of hydrogen-bond acceptors (Lipinski definition) is 4. The van der Waals surface area contributed by atoms with E-state index in [2.05, 4.69) is 19.9 Å². The van der Waals surface area contributed by atoms with Gasteiger partial charge in [-0.1, -0.05) is 0 Å². The number of rotatable bonds is 1. The van der Waals surface area contributed by atoms with Crippen LogP contribution < -0.4 is 4.90 Å². The van der Waals surface area contributed by atoms with E-state index in [1.807, 2.05) is 12.3 Å². The fourth-order valence-electron chi connectivity index (χ4n) is 2.04. The summed E-state index contributed by atoms with van der Waals surface area (Å²) in [5.41, 5.74) is 0.849. The van der Waals surface area contributed by atoms with Crippen LogP contribution in [0.4, 0.5) is 5.82 Å². The molecule has 3 rings (SSSR count). The monoisotopic (exact) mass is 204 g/mol. The summed E-state index contributed by atoms with van der Waals surface area (Å²) < 4.78 is 0. The Balaban J connectivity index is 2.06. The maximum atomic E-state index is 9.49. The van der Waals surface area contributed by atoms with Crippen LogP contribution in [-0.2, 0) is 0 Å². The summed E-state index contributed by atoms with van der Waals surface area (Å²) in [6.07, 6.45) is 4.00. The van der Waals surface area contributed by atoms with Crippen molar-refractivity contribution in [3.8, 4) is 0 Å². The van der Waals surface area contributed by atoms with E-state index in [0.29, 0.717) is 6.54 Å². The van der Waals surface area contributed by atoms with Crippen LogP contribution in [0.15, 0.2) is 18.6 Å². The van der Waals surface area contributed by atoms with E-state index in [-0.39, 0.29) is 6.10 Å². The highest BCUT2D eigenvalue weighted by molar-refractivity contribution is 5.87. The molecule has 1 fully saturated rings. The first-order valence-electron chi connectivity index (χ1n) is 5.06. The van der Waals surface area contributed by atoms with Crippen LogP contribution in [0.3, 0.4) is 0 Å². The number of hydrogen-bond donors (Lipinski definition) is 2. The van der Waals surface area contributed by atoms with E-state index < -0.39 is 0 Å². The Morgan fingerprint density at radius 1 is 1.47 bits per heavy atom. The number of fused-ring (bicyclic) bond motifs is 1. The van der Waals surface area contributed by atoms with Gasteiger partial charge in [-0.25, -0.2) is 9.97 Å². The van der Waals surface area contributed by atoms with Crippen LogP contribution in [0.2, 0.25) is 0 Å². The zero-order valence-electron chi connectivity index (χ0n) is 8.22. The van der Waals surface area contributed by atoms with Gasteiger partial charge < -0.3 is 15.0 Å². The summed E-state index contributed by atoms with van der Waals surface area (Å²) in [6, 6.07) is 1.97. The van der Waals surface area contributed by atoms with E-state index in [4.69, 9.17) is 0 Å². The first kappa shape index (κ1) is 8.67. The Bertz CT molecular complexity index is 481. The third kappa shape index (κ3) is 1.35. The number of nitrogens with one attached hydrogen (secondary N) is 1. The number of anilines is 1. The van der Waals surface area contributed by atoms with Gasteiger partial charge in [0.15, 0.2) is 0 Å². The minimum Gasteiger partial charge on any atom is -0.391 e. The number of nitrogens with zero attached hydrogens (tertiary/aromatic N) is 3. The van der Waals surface area contributed by atoms with E-state index >= 15 is 0 Å². The number of aromatic nitrogens is 3.